The number of carboxylic acids is 1. The van der Waals surface area contributed by atoms with Gasteiger partial charge < -0.3 is 21.9 Å². The third kappa shape index (κ3) is 8.15. The fourth-order valence-corrected chi connectivity index (χ4v) is 1.85. The average Bonchev–Trinajstić information content (AvgIpc) is 2.25. The third-order valence-corrected chi connectivity index (χ3v) is 2.65. The maximum absolute atomic E-state index is 11.7. The molecule has 0 radical (unpaired) electrons. The molecular formula is C12H23N3O4. The van der Waals surface area contributed by atoms with Crippen molar-refractivity contribution in [1.82, 2.24) is 5.32 Å². The van der Waals surface area contributed by atoms with Crippen molar-refractivity contribution < 1.29 is 19.5 Å². The minimum Gasteiger partial charge on any atom is -0.480 e. The molecule has 0 aromatic rings. The van der Waals surface area contributed by atoms with Crippen LogP contribution in [0.3, 0.4) is 0 Å². The molecule has 0 aliphatic heterocycles. The van der Waals surface area contributed by atoms with Gasteiger partial charge in [0.05, 0.1) is 6.42 Å². The Labute approximate surface area is 112 Å². The first-order chi connectivity index (χ1) is 8.76. The van der Waals surface area contributed by atoms with E-state index in [4.69, 9.17) is 16.6 Å². The largest absolute Gasteiger partial charge is 0.480 e. The summed E-state index contributed by atoms with van der Waals surface area (Å²) in [7, 11) is 0. The molecule has 0 bridgehead atoms. The minimum atomic E-state index is -1.28. The van der Waals surface area contributed by atoms with E-state index in [0.717, 1.165) is 6.42 Å². The predicted molar refractivity (Wildman–Crippen MR) is 70.0 cm³/mol. The number of aliphatic carboxylic acids is 1. The highest BCUT2D eigenvalue weighted by molar-refractivity contribution is 5.88. The summed E-state index contributed by atoms with van der Waals surface area (Å²) < 4.78 is 0. The Morgan fingerprint density at radius 2 is 1.79 bits per heavy atom. The molecule has 0 spiro atoms. The highest BCUT2D eigenvalue weighted by Crippen LogP contribution is 2.14. The maximum atomic E-state index is 11.7. The standard InChI is InChI=1S/C12H23N3O4/c1-7(2)3-8(6-13)4-11(17)15-9(12(18)19)5-10(14)16/h7-9H,3-6,13H2,1-2H3,(H2,14,16)(H,15,17)(H,18,19)/t8-,9-/m0/s1. The highest BCUT2D eigenvalue weighted by Gasteiger charge is 2.23. The number of primary amides is 1. The zero-order valence-corrected chi connectivity index (χ0v) is 11.4. The van der Waals surface area contributed by atoms with Gasteiger partial charge in [-0.15, -0.1) is 0 Å². The zero-order valence-electron chi connectivity index (χ0n) is 11.4. The molecule has 0 aromatic heterocycles. The van der Waals surface area contributed by atoms with Crippen LogP contribution in [0, 0.1) is 11.8 Å². The van der Waals surface area contributed by atoms with Crippen molar-refractivity contribution in [3.63, 3.8) is 0 Å². The molecule has 2 amide bonds. The van der Waals surface area contributed by atoms with Gasteiger partial charge in [-0.05, 0) is 24.8 Å². The summed E-state index contributed by atoms with van der Waals surface area (Å²) in [5.41, 5.74) is 10.5. The minimum absolute atomic E-state index is 0.00280. The molecule has 0 aromatic carbocycles. The van der Waals surface area contributed by atoms with Crippen molar-refractivity contribution in [2.24, 2.45) is 23.3 Å². The number of carbonyl (C=O) groups excluding carboxylic acids is 2. The first-order valence-electron chi connectivity index (χ1n) is 6.26. The van der Waals surface area contributed by atoms with E-state index in [1.165, 1.54) is 0 Å². The van der Waals surface area contributed by atoms with Crippen LogP contribution in [0.15, 0.2) is 0 Å². The lowest BCUT2D eigenvalue weighted by Crippen LogP contribution is -2.44. The lowest BCUT2D eigenvalue weighted by Gasteiger charge is -2.18. The molecule has 6 N–H and O–H groups in total. The van der Waals surface area contributed by atoms with Crippen LogP contribution in [0.25, 0.3) is 0 Å². The molecule has 19 heavy (non-hydrogen) atoms. The summed E-state index contributed by atoms with van der Waals surface area (Å²) in [5, 5.41) is 11.2. The Morgan fingerprint density at radius 3 is 2.16 bits per heavy atom. The summed E-state index contributed by atoms with van der Waals surface area (Å²) in [5.74, 6) is -2.07. The first kappa shape index (κ1) is 17.4. The third-order valence-electron chi connectivity index (χ3n) is 2.65. The summed E-state index contributed by atoms with van der Waals surface area (Å²) in [6.07, 6.45) is 0.521. The second-order valence-corrected chi connectivity index (χ2v) is 5.06. The Balaban J connectivity index is 4.39. The molecule has 0 saturated carbocycles. The monoisotopic (exact) mass is 273 g/mol. The second-order valence-electron chi connectivity index (χ2n) is 5.06. The number of carboxylic acid groups (broad SMARTS) is 1. The lowest BCUT2D eigenvalue weighted by molar-refractivity contribution is -0.143. The number of rotatable bonds is 9. The molecule has 0 fully saturated rings. The molecule has 0 saturated heterocycles. The van der Waals surface area contributed by atoms with E-state index in [9.17, 15) is 14.4 Å². The van der Waals surface area contributed by atoms with Crippen molar-refractivity contribution in [3.05, 3.63) is 0 Å². The van der Waals surface area contributed by atoms with Gasteiger partial charge in [0.15, 0.2) is 0 Å². The molecule has 7 nitrogen and oxygen atoms in total. The van der Waals surface area contributed by atoms with E-state index in [1.54, 1.807) is 0 Å². The van der Waals surface area contributed by atoms with Gasteiger partial charge in [-0.2, -0.15) is 0 Å². The predicted octanol–water partition coefficient (Wildman–Crippen LogP) is -0.558. The zero-order chi connectivity index (χ0) is 15.0. The van der Waals surface area contributed by atoms with E-state index in [-0.39, 0.29) is 12.3 Å². The highest BCUT2D eigenvalue weighted by atomic mass is 16.4. The van der Waals surface area contributed by atoms with Crippen molar-refractivity contribution >= 4 is 17.8 Å². The molecule has 0 heterocycles. The molecular weight excluding hydrogens is 250 g/mol. The fraction of sp³-hybridized carbons (Fsp3) is 0.750. The van der Waals surface area contributed by atoms with Crippen molar-refractivity contribution in [2.75, 3.05) is 6.54 Å². The van der Waals surface area contributed by atoms with Gasteiger partial charge in [0.1, 0.15) is 6.04 Å². The Bertz CT molecular complexity index is 331. The van der Waals surface area contributed by atoms with Crippen molar-refractivity contribution in [1.29, 1.82) is 0 Å². The summed E-state index contributed by atoms with van der Waals surface area (Å²) in [4.78, 5) is 33.3. The van der Waals surface area contributed by atoms with Crippen LogP contribution in [0.4, 0.5) is 0 Å². The number of hydrogen-bond acceptors (Lipinski definition) is 4. The summed E-state index contributed by atoms with van der Waals surface area (Å²) >= 11 is 0. The number of carbonyl (C=O) groups is 3. The smallest absolute Gasteiger partial charge is 0.326 e. The van der Waals surface area contributed by atoms with Gasteiger partial charge >= 0.3 is 5.97 Å². The number of nitrogens with one attached hydrogen (secondary N) is 1. The van der Waals surface area contributed by atoms with Gasteiger partial charge in [0, 0.05) is 6.42 Å². The number of amides is 2. The lowest BCUT2D eigenvalue weighted by atomic mass is 9.94. The van der Waals surface area contributed by atoms with Gasteiger partial charge in [-0.25, -0.2) is 4.79 Å². The molecule has 2 atom stereocenters. The normalized spacial score (nSPS) is 13.9. The van der Waals surface area contributed by atoms with Gasteiger partial charge in [0.2, 0.25) is 11.8 Å². The van der Waals surface area contributed by atoms with E-state index in [0.29, 0.717) is 12.5 Å². The quantitative estimate of drug-likeness (QED) is 0.446. The Hall–Kier alpha value is -1.63. The van der Waals surface area contributed by atoms with Crippen LogP contribution in [0.1, 0.15) is 33.1 Å². The van der Waals surface area contributed by atoms with Crippen LogP contribution in [-0.2, 0) is 14.4 Å². The molecule has 0 unspecified atom stereocenters. The average molecular weight is 273 g/mol. The van der Waals surface area contributed by atoms with E-state index in [2.05, 4.69) is 5.32 Å². The molecule has 7 heteroatoms. The first-order valence-corrected chi connectivity index (χ1v) is 6.26. The van der Waals surface area contributed by atoms with Crippen LogP contribution in [-0.4, -0.2) is 35.5 Å². The van der Waals surface area contributed by atoms with Crippen molar-refractivity contribution in [3.8, 4) is 0 Å². The number of hydrogen-bond donors (Lipinski definition) is 4. The Kier molecular flexibility index (Phi) is 7.74. The molecule has 0 aliphatic carbocycles. The Morgan fingerprint density at radius 1 is 1.21 bits per heavy atom. The van der Waals surface area contributed by atoms with Crippen LogP contribution in [0.2, 0.25) is 0 Å². The summed E-state index contributed by atoms with van der Waals surface area (Å²) in [6.45, 7) is 4.40. The van der Waals surface area contributed by atoms with Crippen LogP contribution < -0.4 is 16.8 Å². The van der Waals surface area contributed by atoms with E-state index < -0.39 is 30.2 Å². The van der Waals surface area contributed by atoms with Gasteiger partial charge in [-0.3, -0.25) is 9.59 Å². The molecule has 0 rings (SSSR count). The van der Waals surface area contributed by atoms with Crippen LogP contribution in [0.5, 0.6) is 0 Å². The van der Waals surface area contributed by atoms with Gasteiger partial charge in [0.25, 0.3) is 0 Å². The van der Waals surface area contributed by atoms with E-state index >= 15 is 0 Å². The maximum Gasteiger partial charge on any atom is 0.326 e. The summed E-state index contributed by atoms with van der Waals surface area (Å²) in [6, 6.07) is -1.28. The second kappa shape index (κ2) is 8.47. The SMILES string of the molecule is CC(C)C[C@H](CN)CC(=O)N[C@@H](CC(N)=O)C(=O)O. The van der Waals surface area contributed by atoms with Crippen molar-refractivity contribution in [2.45, 2.75) is 39.2 Å². The fourth-order valence-electron chi connectivity index (χ4n) is 1.85. The van der Waals surface area contributed by atoms with E-state index in [1.807, 2.05) is 13.8 Å². The van der Waals surface area contributed by atoms with Crippen LogP contribution >= 0.6 is 0 Å². The molecule has 0 aliphatic rings. The van der Waals surface area contributed by atoms with Gasteiger partial charge in [-0.1, -0.05) is 13.8 Å². The molecule has 110 valence electrons. The topological polar surface area (TPSA) is 136 Å². The number of nitrogens with two attached hydrogens (primary N) is 2.